The van der Waals surface area contributed by atoms with Gasteiger partial charge in [0.25, 0.3) is 5.91 Å². The second-order valence-electron chi connectivity index (χ2n) is 6.72. The van der Waals surface area contributed by atoms with E-state index >= 15 is 0 Å². The number of nitrogens with one attached hydrogen (secondary N) is 1. The van der Waals surface area contributed by atoms with Crippen LogP contribution in [-0.2, 0) is 22.6 Å². The predicted octanol–water partition coefficient (Wildman–Crippen LogP) is 2.77. The molecular formula is C20H18N2O4S. The monoisotopic (exact) mass is 382 g/mol. The summed E-state index contributed by atoms with van der Waals surface area (Å²) in [7, 11) is 0. The van der Waals surface area contributed by atoms with Gasteiger partial charge < -0.3 is 15.3 Å². The number of benzene rings is 2. The summed E-state index contributed by atoms with van der Waals surface area (Å²) < 4.78 is 0. The molecule has 2 amide bonds. The Bertz CT molecular complexity index is 959. The zero-order valence-corrected chi connectivity index (χ0v) is 15.5. The van der Waals surface area contributed by atoms with E-state index in [1.54, 1.807) is 18.2 Å². The molecule has 6 nitrogen and oxygen atoms in total. The number of amides is 2. The number of carboxylic acids is 1. The molecular weight excluding hydrogens is 364 g/mol. The quantitative estimate of drug-likeness (QED) is 0.834. The van der Waals surface area contributed by atoms with Crippen molar-refractivity contribution in [1.29, 1.82) is 0 Å². The minimum Gasteiger partial charge on any atom is -0.480 e. The topological polar surface area (TPSA) is 86.7 Å². The lowest BCUT2D eigenvalue weighted by atomic mass is 9.93. The third-order valence-corrected chi connectivity index (χ3v) is 6.13. The van der Waals surface area contributed by atoms with Crippen molar-refractivity contribution in [2.45, 2.75) is 36.1 Å². The fourth-order valence-electron chi connectivity index (χ4n) is 3.46. The van der Waals surface area contributed by atoms with Crippen molar-refractivity contribution in [2.75, 3.05) is 5.32 Å². The van der Waals surface area contributed by atoms with Gasteiger partial charge in [-0.05, 0) is 36.2 Å². The Morgan fingerprint density at radius 1 is 1.19 bits per heavy atom. The lowest BCUT2D eigenvalue weighted by Gasteiger charge is -2.34. The zero-order chi connectivity index (χ0) is 19.1. The predicted molar refractivity (Wildman–Crippen MR) is 102 cm³/mol. The van der Waals surface area contributed by atoms with Gasteiger partial charge in [-0.1, -0.05) is 24.3 Å². The number of carboxylic acid groups (broad SMARTS) is 1. The van der Waals surface area contributed by atoms with E-state index in [1.165, 1.54) is 16.7 Å². The van der Waals surface area contributed by atoms with E-state index in [9.17, 15) is 19.5 Å². The number of carbonyl (C=O) groups excluding carboxylic acids is 2. The minimum atomic E-state index is -1.02. The van der Waals surface area contributed by atoms with Crippen LogP contribution in [0, 0.1) is 0 Å². The first-order valence-corrected chi connectivity index (χ1v) is 9.54. The van der Waals surface area contributed by atoms with E-state index < -0.39 is 12.0 Å². The summed E-state index contributed by atoms with van der Waals surface area (Å²) in [6.45, 7) is 2.08. The van der Waals surface area contributed by atoms with Crippen molar-refractivity contribution in [3.8, 4) is 0 Å². The first-order valence-electron chi connectivity index (χ1n) is 8.66. The maximum absolute atomic E-state index is 13.1. The summed E-state index contributed by atoms with van der Waals surface area (Å²) in [6.07, 6.45) is 0.284. The van der Waals surface area contributed by atoms with Crippen LogP contribution in [0.4, 0.5) is 5.69 Å². The fraction of sp³-hybridized carbons (Fsp3) is 0.250. The maximum atomic E-state index is 13.1. The Balaban J connectivity index is 1.66. The second kappa shape index (κ2) is 6.74. The number of carbonyl (C=O) groups is 3. The molecule has 0 fully saturated rings. The number of fused-ring (bicyclic) bond motifs is 2. The highest BCUT2D eigenvalue weighted by Crippen LogP contribution is 2.36. The van der Waals surface area contributed by atoms with Crippen LogP contribution in [0.3, 0.4) is 0 Å². The van der Waals surface area contributed by atoms with E-state index in [4.69, 9.17) is 0 Å². The molecule has 7 heteroatoms. The van der Waals surface area contributed by atoms with Crippen LogP contribution in [0.15, 0.2) is 47.4 Å². The van der Waals surface area contributed by atoms with Crippen molar-refractivity contribution in [3.05, 3.63) is 59.2 Å². The number of thioether (sulfide) groups is 1. The van der Waals surface area contributed by atoms with Gasteiger partial charge in [0.05, 0.1) is 10.9 Å². The van der Waals surface area contributed by atoms with Crippen LogP contribution in [0.25, 0.3) is 0 Å². The molecule has 2 aromatic carbocycles. The normalized spacial score (nSPS) is 21.1. The molecule has 0 aromatic heterocycles. The number of rotatable bonds is 2. The van der Waals surface area contributed by atoms with Crippen LogP contribution < -0.4 is 5.32 Å². The fourth-order valence-corrected chi connectivity index (χ4v) is 4.40. The number of anilines is 1. The van der Waals surface area contributed by atoms with E-state index in [-0.39, 0.29) is 30.0 Å². The Morgan fingerprint density at radius 2 is 1.93 bits per heavy atom. The first kappa shape index (κ1) is 17.6. The van der Waals surface area contributed by atoms with E-state index in [0.29, 0.717) is 11.3 Å². The number of aliphatic carboxylic acids is 1. The highest BCUT2D eigenvalue weighted by Gasteiger charge is 2.35. The molecule has 0 radical (unpaired) electrons. The van der Waals surface area contributed by atoms with Gasteiger partial charge in [-0.25, -0.2) is 4.79 Å². The van der Waals surface area contributed by atoms with Crippen LogP contribution in [0.5, 0.6) is 0 Å². The van der Waals surface area contributed by atoms with Gasteiger partial charge in [-0.3, -0.25) is 9.59 Å². The molecule has 2 aromatic rings. The smallest absolute Gasteiger partial charge is 0.326 e. The summed E-state index contributed by atoms with van der Waals surface area (Å²) in [4.78, 5) is 39.1. The molecule has 0 saturated carbocycles. The van der Waals surface area contributed by atoms with E-state index in [1.807, 2.05) is 31.2 Å². The van der Waals surface area contributed by atoms with Gasteiger partial charge in [-0.15, -0.1) is 11.8 Å². The maximum Gasteiger partial charge on any atom is 0.326 e. The van der Waals surface area contributed by atoms with Gasteiger partial charge >= 0.3 is 5.97 Å². The molecule has 138 valence electrons. The van der Waals surface area contributed by atoms with Gasteiger partial charge in [0, 0.05) is 23.4 Å². The highest BCUT2D eigenvalue weighted by atomic mass is 32.2. The van der Waals surface area contributed by atoms with Crippen LogP contribution in [0.1, 0.15) is 28.4 Å². The molecule has 4 rings (SSSR count). The molecule has 27 heavy (non-hydrogen) atoms. The van der Waals surface area contributed by atoms with Gasteiger partial charge in [0.15, 0.2) is 0 Å². The van der Waals surface area contributed by atoms with Crippen molar-refractivity contribution in [1.82, 2.24) is 4.90 Å². The zero-order valence-electron chi connectivity index (χ0n) is 14.6. The van der Waals surface area contributed by atoms with Gasteiger partial charge in [0.2, 0.25) is 5.91 Å². The summed E-state index contributed by atoms with van der Waals surface area (Å²) in [5.41, 5.74) is 2.88. The molecule has 0 unspecified atom stereocenters. The summed E-state index contributed by atoms with van der Waals surface area (Å²) in [5, 5.41) is 12.3. The SMILES string of the molecule is C[C@H]1Sc2ccc(C(=O)N3Cc4ccccc4C[C@@H]3C(=O)O)cc2NC1=O. The minimum absolute atomic E-state index is 0.104. The molecule has 2 aliphatic heterocycles. The largest absolute Gasteiger partial charge is 0.480 e. The lowest BCUT2D eigenvalue weighted by Crippen LogP contribution is -2.48. The lowest BCUT2D eigenvalue weighted by molar-refractivity contribution is -0.142. The van der Waals surface area contributed by atoms with Crippen molar-refractivity contribution in [2.24, 2.45) is 0 Å². The second-order valence-corrected chi connectivity index (χ2v) is 8.10. The van der Waals surface area contributed by atoms with E-state index in [2.05, 4.69) is 5.32 Å². The Morgan fingerprint density at radius 3 is 2.67 bits per heavy atom. The molecule has 2 N–H and O–H groups in total. The summed E-state index contributed by atoms with van der Waals surface area (Å²) in [5.74, 6) is -1.47. The molecule has 0 saturated heterocycles. The molecule has 0 aliphatic carbocycles. The molecule has 0 spiro atoms. The Hall–Kier alpha value is -2.80. The summed E-state index contributed by atoms with van der Waals surface area (Å²) >= 11 is 1.44. The standard InChI is InChI=1S/C20H18N2O4S/c1-11-18(23)21-15-8-13(6-7-17(15)27-11)19(24)22-10-14-5-3-2-4-12(14)9-16(22)20(25)26/h2-8,11,16H,9-10H2,1H3,(H,21,23)(H,25,26)/t11-,16-/m1/s1. The third kappa shape index (κ3) is 3.19. The molecule has 2 aliphatic rings. The van der Waals surface area contributed by atoms with E-state index in [0.717, 1.165) is 16.0 Å². The Labute approximate surface area is 160 Å². The van der Waals surface area contributed by atoms with Crippen molar-refractivity contribution in [3.63, 3.8) is 0 Å². The number of hydrogen-bond acceptors (Lipinski definition) is 4. The van der Waals surface area contributed by atoms with Crippen molar-refractivity contribution >= 4 is 35.2 Å². The number of nitrogens with zero attached hydrogens (tertiary/aromatic N) is 1. The third-order valence-electron chi connectivity index (χ3n) is 4.95. The number of hydrogen-bond donors (Lipinski definition) is 2. The Kier molecular flexibility index (Phi) is 4.39. The summed E-state index contributed by atoms with van der Waals surface area (Å²) in [6, 6.07) is 11.8. The average Bonchev–Trinajstić information content (AvgIpc) is 2.67. The highest BCUT2D eigenvalue weighted by molar-refractivity contribution is 8.00. The molecule has 2 heterocycles. The first-order chi connectivity index (χ1) is 12.9. The van der Waals surface area contributed by atoms with Gasteiger partial charge in [0.1, 0.15) is 6.04 Å². The van der Waals surface area contributed by atoms with Crippen LogP contribution in [0.2, 0.25) is 0 Å². The molecule has 2 atom stereocenters. The molecule has 0 bridgehead atoms. The van der Waals surface area contributed by atoms with Crippen LogP contribution >= 0.6 is 11.8 Å². The van der Waals surface area contributed by atoms with Crippen LogP contribution in [-0.4, -0.2) is 39.1 Å². The van der Waals surface area contributed by atoms with Crippen molar-refractivity contribution < 1.29 is 19.5 Å². The average molecular weight is 382 g/mol. The van der Waals surface area contributed by atoms with Gasteiger partial charge in [-0.2, -0.15) is 0 Å².